The van der Waals surface area contributed by atoms with Gasteiger partial charge in [0.1, 0.15) is 5.82 Å². The van der Waals surface area contributed by atoms with Gasteiger partial charge in [-0.1, -0.05) is 25.8 Å². The minimum atomic E-state index is -0.103. The molecule has 2 atom stereocenters. The standard InChI is InChI=1S/C17H26FNOS/c1-13-5-3-6-14(11-13)21-17-8-4-7-16(18)15(17)12-19-9-10-20-2/h4,7-8,13-14,19H,3,5-6,9-12H2,1-2H3. The van der Waals surface area contributed by atoms with Crippen molar-refractivity contribution >= 4 is 11.8 Å². The smallest absolute Gasteiger partial charge is 0.128 e. The van der Waals surface area contributed by atoms with E-state index in [4.69, 9.17) is 4.74 Å². The van der Waals surface area contributed by atoms with Crippen molar-refractivity contribution < 1.29 is 9.13 Å². The Bertz CT molecular complexity index is 441. The summed E-state index contributed by atoms with van der Waals surface area (Å²) in [7, 11) is 1.68. The van der Waals surface area contributed by atoms with Crippen LogP contribution in [0.25, 0.3) is 0 Å². The molecule has 1 aromatic carbocycles. The Morgan fingerprint density at radius 1 is 1.38 bits per heavy atom. The number of benzene rings is 1. The average Bonchev–Trinajstić information content (AvgIpc) is 2.46. The number of thioether (sulfide) groups is 1. The lowest BCUT2D eigenvalue weighted by atomic mass is 9.91. The number of ether oxygens (including phenoxy) is 1. The highest BCUT2D eigenvalue weighted by Crippen LogP contribution is 2.37. The molecule has 21 heavy (non-hydrogen) atoms. The SMILES string of the molecule is COCCNCc1c(F)cccc1SC1CCCC(C)C1. The molecule has 0 radical (unpaired) electrons. The second kappa shape index (κ2) is 8.76. The number of rotatable bonds is 7. The maximum atomic E-state index is 14.1. The Kier molecular flexibility index (Phi) is 7.00. The summed E-state index contributed by atoms with van der Waals surface area (Å²) in [6.45, 7) is 4.29. The van der Waals surface area contributed by atoms with E-state index < -0.39 is 0 Å². The van der Waals surface area contributed by atoms with Gasteiger partial charge in [0.05, 0.1) is 6.61 Å². The molecule has 0 bridgehead atoms. The fourth-order valence-electron chi connectivity index (χ4n) is 2.87. The third-order valence-electron chi connectivity index (χ3n) is 4.04. The fraction of sp³-hybridized carbons (Fsp3) is 0.647. The molecule has 4 heteroatoms. The van der Waals surface area contributed by atoms with Gasteiger partial charge in [0.25, 0.3) is 0 Å². The molecule has 118 valence electrons. The lowest BCUT2D eigenvalue weighted by Crippen LogP contribution is -2.20. The molecule has 2 unspecified atom stereocenters. The summed E-state index contributed by atoms with van der Waals surface area (Å²) in [5, 5.41) is 3.88. The first-order valence-corrected chi connectivity index (χ1v) is 8.72. The van der Waals surface area contributed by atoms with Gasteiger partial charge in [-0.3, -0.25) is 0 Å². The molecule has 1 aliphatic carbocycles. The first kappa shape index (κ1) is 16.8. The maximum absolute atomic E-state index is 14.1. The Morgan fingerprint density at radius 3 is 3.00 bits per heavy atom. The van der Waals surface area contributed by atoms with E-state index in [1.54, 1.807) is 13.2 Å². The van der Waals surface area contributed by atoms with Crippen molar-refractivity contribution in [3.8, 4) is 0 Å². The van der Waals surface area contributed by atoms with Crippen molar-refractivity contribution in [3.05, 3.63) is 29.6 Å². The second-order valence-electron chi connectivity index (χ2n) is 5.90. The molecule has 0 aromatic heterocycles. The fourth-order valence-corrected chi connectivity index (χ4v) is 4.41. The lowest BCUT2D eigenvalue weighted by Gasteiger charge is -2.27. The van der Waals surface area contributed by atoms with E-state index in [0.717, 1.165) is 22.9 Å². The van der Waals surface area contributed by atoms with Crippen molar-refractivity contribution in [2.75, 3.05) is 20.3 Å². The maximum Gasteiger partial charge on any atom is 0.128 e. The van der Waals surface area contributed by atoms with E-state index in [0.29, 0.717) is 18.4 Å². The van der Waals surface area contributed by atoms with Gasteiger partial charge in [0, 0.05) is 35.9 Å². The van der Waals surface area contributed by atoms with E-state index in [9.17, 15) is 4.39 Å². The highest BCUT2D eigenvalue weighted by molar-refractivity contribution is 8.00. The molecular formula is C17H26FNOS. The van der Waals surface area contributed by atoms with E-state index in [1.807, 2.05) is 17.8 Å². The molecule has 2 rings (SSSR count). The first-order chi connectivity index (χ1) is 10.2. The zero-order valence-electron chi connectivity index (χ0n) is 13.0. The highest BCUT2D eigenvalue weighted by atomic mass is 32.2. The van der Waals surface area contributed by atoms with Gasteiger partial charge in [0.2, 0.25) is 0 Å². The van der Waals surface area contributed by atoms with Crippen LogP contribution in [0.2, 0.25) is 0 Å². The molecule has 1 fully saturated rings. The summed E-state index contributed by atoms with van der Waals surface area (Å²) in [4.78, 5) is 1.10. The number of halogens is 1. The molecule has 1 saturated carbocycles. The van der Waals surface area contributed by atoms with Crippen LogP contribution in [-0.2, 0) is 11.3 Å². The van der Waals surface area contributed by atoms with Gasteiger partial charge in [-0.25, -0.2) is 4.39 Å². The average molecular weight is 311 g/mol. The lowest BCUT2D eigenvalue weighted by molar-refractivity contribution is 0.199. The van der Waals surface area contributed by atoms with Gasteiger partial charge < -0.3 is 10.1 Å². The Balaban J connectivity index is 1.99. The Morgan fingerprint density at radius 2 is 2.24 bits per heavy atom. The first-order valence-electron chi connectivity index (χ1n) is 7.84. The van der Waals surface area contributed by atoms with Crippen LogP contribution in [0.3, 0.4) is 0 Å². The summed E-state index contributed by atoms with van der Waals surface area (Å²) in [5.74, 6) is 0.696. The van der Waals surface area contributed by atoms with E-state index in [2.05, 4.69) is 18.3 Å². The molecule has 0 aliphatic heterocycles. The van der Waals surface area contributed by atoms with E-state index >= 15 is 0 Å². The van der Waals surface area contributed by atoms with Crippen LogP contribution in [0.5, 0.6) is 0 Å². The number of hydrogen-bond acceptors (Lipinski definition) is 3. The van der Waals surface area contributed by atoms with Crippen molar-refractivity contribution in [3.63, 3.8) is 0 Å². The minimum absolute atomic E-state index is 0.103. The largest absolute Gasteiger partial charge is 0.383 e. The zero-order valence-corrected chi connectivity index (χ0v) is 13.8. The van der Waals surface area contributed by atoms with Gasteiger partial charge in [0.15, 0.2) is 0 Å². The van der Waals surface area contributed by atoms with Crippen LogP contribution in [0.1, 0.15) is 38.2 Å². The zero-order chi connectivity index (χ0) is 15.1. The van der Waals surface area contributed by atoms with Gasteiger partial charge in [-0.2, -0.15) is 0 Å². The number of hydrogen-bond donors (Lipinski definition) is 1. The van der Waals surface area contributed by atoms with Crippen molar-refractivity contribution in [2.45, 2.75) is 49.3 Å². The quantitative estimate of drug-likeness (QED) is 0.761. The summed E-state index contributed by atoms with van der Waals surface area (Å²) in [5.41, 5.74) is 0.803. The summed E-state index contributed by atoms with van der Waals surface area (Å²) in [6.07, 6.45) is 5.14. The minimum Gasteiger partial charge on any atom is -0.383 e. The number of methoxy groups -OCH3 is 1. The van der Waals surface area contributed by atoms with Crippen molar-refractivity contribution in [2.24, 2.45) is 5.92 Å². The molecule has 1 aliphatic rings. The molecule has 0 heterocycles. The monoisotopic (exact) mass is 311 g/mol. The predicted molar refractivity (Wildman–Crippen MR) is 87.3 cm³/mol. The normalized spacial score (nSPS) is 22.4. The van der Waals surface area contributed by atoms with E-state index in [1.165, 1.54) is 25.7 Å². The van der Waals surface area contributed by atoms with Gasteiger partial charge >= 0.3 is 0 Å². The molecule has 1 aromatic rings. The highest BCUT2D eigenvalue weighted by Gasteiger charge is 2.21. The van der Waals surface area contributed by atoms with Gasteiger partial charge in [-0.05, 0) is 30.9 Å². The van der Waals surface area contributed by atoms with Crippen molar-refractivity contribution in [1.82, 2.24) is 5.32 Å². The summed E-state index contributed by atoms with van der Waals surface area (Å²) in [6, 6.07) is 5.43. The molecule has 0 saturated heterocycles. The van der Waals surface area contributed by atoms with E-state index in [-0.39, 0.29) is 5.82 Å². The molecular weight excluding hydrogens is 285 g/mol. The van der Waals surface area contributed by atoms with Crippen LogP contribution in [-0.4, -0.2) is 25.5 Å². The second-order valence-corrected chi connectivity index (χ2v) is 7.24. The van der Waals surface area contributed by atoms with Crippen LogP contribution >= 0.6 is 11.8 Å². The van der Waals surface area contributed by atoms with Crippen molar-refractivity contribution in [1.29, 1.82) is 0 Å². The predicted octanol–water partition coefficient (Wildman–Crippen LogP) is 4.23. The topological polar surface area (TPSA) is 21.3 Å². The van der Waals surface area contributed by atoms with Crippen LogP contribution in [0.15, 0.2) is 23.1 Å². The summed E-state index contributed by atoms with van der Waals surface area (Å²) < 4.78 is 19.1. The third-order valence-corrected chi connectivity index (χ3v) is 5.44. The molecule has 0 amide bonds. The van der Waals surface area contributed by atoms with Crippen LogP contribution in [0, 0.1) is 11.7 Å². The Labute approximate surface area is 131 Å². The summed E-state index contributed by atoms with van der Waals surface area (Å²) >= 11 is 1.86. The van der Waals surface area contributed by atoms with Crippen LogP contribution in [0.4, 0.5) is 4.39 Å². The molecule has 1 N–H and O–H groups in total. The molecule has 2 nitrogen and oxygen atoms in total. The number of nitrogens with one attached hydrogen (secondary N) is 1. The Hall–Kier alpha value is -0.580. The van der Waals surface area contributed by atoms with Crippen LogP contribution < -0.4 is 5.32 Å². The van der Waals surface area contributed by atoms with Gasteiger partial charge in [-0.15, -0.1) is 11.8 Å². The third kappa shape index (κ3) is 5.28. The molecule has 0 spiro atoms.